The normalized spacial score (nSPS) is 20.8. The Labute approximate surface area is 250 Å². The van der Waals surface area contributed by atoms with Crippen molar-refractivity contribution in [2.45, 2.75) is 116 Å². The number of sulfonamides is 2. The van der Waals surface area contributed by atoms with Gasteiger partial charge in [-0.25, -0.2) is 16.8 Å². The molecule has 0 spiro atoms. The molecule has 2 atom stereocenters. The molecule has 0 aromatic carbocycles. The van der Waals surface area contributed by atoms with Gasteiger partial charge in [0.15, 0.2) is 0 Å². The molecule has 41 heavy (non-hydrogen) atoms. The van der Waals surface area contributed by atoms with E-state index in [0.29, 0.717) is 52.4 Å². The monoisotopic (exact) mass is 626 g/mol. The van der Waals surface area contributed by atoms with Crippen LogP contribution in [0.5, 0.6) is 0 Å². The number of unbranched alkanes of at least 4 members (excludes halogenated alkanes) is 6. The number of ether oxygens (including phenoxy) is 4. The van der Waals surface area contributed by atoms with Crippen molar-refractivity contribution in [3.63, 3.8) is 0 Å². The van der Waals surface area contributed by atoms with E-state index in [4.69, 9.17) is 18.9 Å². The van der Waals surface area contributed by atoms with Crippen molar-refractivity contribution >= 4 is 20.0 Å². The quantitative estimate of drug-likeness (QED) is 0.102. The maximum atomic E-state index is 12.9. The van der Waals surface area contributed by atoms with Crippen LogP contribution in [0.2, 0.25) is 0 Å². The lowest BCUT2D eigenvalue weighted by Gasteiger charge is -2.25. The van der Waals surface area contributed by atoms with Gasteiger partial charge in [-0.05, 0) is 51.4 Å². The smallest absolute Gasteiger partial charge is 0.214 e. The van der Waals surface area contributed by atoms with Gasteiger partial charge in [-0.15, -0.1) is 0 Å². The van der Waals surface area contributed by atoms with E-state index in [2.05, 4.69) is 13.8 Å². The van der Waals surface area contributed by atoms with Crippen molar-refractivity contribution in [2.75, 3.05) is 71.0 Å². The molecule has 0 aromatic heterocycles. The van der Waals surface area contributed by atoms with Crippen molar-refractivity contribution in [2.24, 2.45) is 0 Å². The van der Waals surface area contributed by atoms with Gasteiger partial charge in [0.05, 0.1) is 24.7 Å². The lowest BCUT2D eigenvalue weighted by molar-refractivity contribution is -0.0707. The van der Waals surface area contributed by atoms with E-state index in [1.54, 1.807) is 8.61 Å². The molecule has 0 unspecified atom stereocenters. The summed E-state index contributed by atoms with van der Waals surface area (Å²) in [7, 11) is -6.71. The standard InChI is InChI=1S/C29H58N2O8S2/c1-3-5-7-9-19-36-21-13-23-40(32,33)30-17-11-15-28(30)25-38-27-39-26-29-16-12-18-31(29)41(34,35)24-14-22-37-20-10-8-6-4-2/h28-29H,3-27H2,1-2H3/t28-,29-/m0/s1. The molecule has 0 aliphatic carbocycles. The van der Waals surface area contributed by atoms with Crippen LogP contribution in [0.25, 0.3) is 0 Å². The first-order valence-corrected chi connectivity index (χ1v) is 19.3. The molecule has 0 N–H and O–H groups in total. The third-order valence-electron chi connectivity index (χ3n) is 7.81. The third kappa shape index (κ3) is 14.8. The molecule has 0 radical (unpaired) electrons. The Morgan fingerprint density at radius 2 is 0.976 bits per heavy atom. The zero-order chi connectivity index (χ0) is 29.8. The molecule has 2 aliphatic heterocycles. The molecule has 244 valence electrons. The van der Waals surface area contributed by atoms with E-state index < -0.39 is 20.0 Å². The van der Waals surface area contributed by atoms with Gasteiger partial charge in [-0.3, -0.25) is 0 Å². The van der Waals surface area contributed by atoms with Gasteiger partial charge < -0.3 is 18.9 Å². The molecule has 0 amide bonds. The summed E-state index contributed by atoms with van der Waals surface area (Å²) in [5.74, 6) is 0.179. The lowest BCUT2D eigenvalue weighted by atomic mass is 10.2. The summed E-state index contributed by atoms with van der Waals surface area (Å²) in [4.78, 5) is 0. The fraction of sp³-hybridized carbons (Fsp3) is 1.00. The molecule has 0 aromatic rings. The van der Waals surface area contributed by atoms with Crippen LogP contribution in [0.3, 0.4) is 0 Å². The highest BCUT2D eigenvalue weighted by molar-refractivity contribution is 7.89. The zero-order valence-corrected chi connectivity index (χ0v) is 27.4. The predicted octanol–water partition coefficient (Wildman–Crippen LogP) is 4.54. The Kier molecular flexibility index (Phi) is 19.2. The fourth-order valence-corrected chi connectivity index (χ4v) is 8.99. The Hall–Kier alpha value is -0.340. The Bertz CT molecular complexity index is 802. The van der Waals surface area contributed by atoms with Gasteiger partial charge in [0, 0.05) is 51.6 Å². The van der Waals surface area contributed by atoms with Crippen molar-refractivity contribution in [1.29, 1.82) is 0 Å². The Morgan fingerprint density at radius 3 is 1.39 bits per heavy atom. The van der Waals surface area contributed by atoms with Gasteiger partial charge in [-0.1, -0.05) is 52.4 Å². The fourth-order valence-electron chi connectivity index (χ4n) is 5.50. The molecule has 0 bridgehead atoms. The van der Waals surface area contributed by atoms with Crippen molar-refractivity contribution in [1.82, 2.24) is 8.61 Å². The van der Waals surface area contributed by atoms with Gasteiger partial charge in [0.1, 0.15) is 6.79 Å². The second-order valence-corrected chi connectivity index (χ2v) is 15.4. The van der Waals surface area contributed by atoms with E-state index in [1.807, 2.05) is 0 Å². The van der Waals surface area contributed by atoms with Crippen LogP contribution in [0.4, 0.5) is 0 Å². The molecule has 2 heterocycles. The zero-order valence-electron chi connectivity index (χ0n) is 25.8. The van der Waals surface area contributed by atoms with E-state index >= 15 is 0 Å². The molecule has 2 aliphatic rings. The number of hydrogen-bond acceptors (Lipinski definition) is 8. The van der Waals surface area contributed by atoms with E-state index in [1.165, 1.54) is 25.7 Å². The Balaban J connectivity index is 1.60. The van der Waals surface area contributed by atoms with Gasteiger partial charge >= 0.3 is 0 Å². The molecular formula is C29H58N2O8S2. The summed E-state index contributed by atoms with van der Waals surface area (Å²) in [5, 5.41) is 0. The number of nitrogens with zero attached hydrogens (tertiary/aromatic N) is 2. The Morgan fingerprint density at radius 1 is 0.561 bits per heavy atom. The minimum Gasteiger partial charge on any atom is -0.381 e. The van der Waals surface area contributed by atoms with Crippen LogP contribution in [-0.4, -0.2) is 109 Å². The average Bonchev–Trinajstić information content (AvgIpc) is 3.62. The molecule has 12 heteroatoms. The predicted molar refractivity (Wildman–Crippen MR) is 163 cm³/mol. The minimum atomic E-state index is -3.36. The first-order valence-electron chi connectivity index (χ1n) is 16.1. The maximum absolute atomic E-state index is 12.9. The van der Waals surface area contributed by atoms with Crippen LogP contribution in [0.15, 0.2) is 0 Å². The molecule has 2 fully saturated rings. The van der Waals surface area contributed by atoms with Crippen molar-refractivity contribution < 1.29 is 35.8 Å². The third-order valence-corrected chi connectivity index (χ3v) is 11.8. The lowest BCUT2D eigenvalue weighted by Crippen LogP contribution is -2.41. The largest absolute Gasteiger partial charge is 0.381 e. The van der Waals surface area contributed by atoms with E-state index in [-0.39, 0.29) is 43.6 Å². The SMILES string of the molecule is CCCCCCOCCCS(=O)(=O)N1CCC[C@H]1COCOC[C@@H]1CCCN1S(=O)(=O)CCCOCCCCCC. The first-order chi connectivity index (χ1) is 19.8. The maximum Gasteiger partial charge on any atom is 0.214 e. The van der Waals surface area contributed by atoms with Crippen LogP contribution in [0, 0.1) is 0 Å². The molecule has 10 nitrogen and oxygen atoms in total. The van der Waals surface area contributed by atoms with Crippen molar-refractivity contribution in [3.8, 4) is 0 Å². The minimum absolute atomic E-state index is 0.0204. The van der Waals surface area contributed by atoms with Gasteiger partial charge in [0.2, 0.25) is 20.0 Å². The summed E-state index contributed by atoms with van der Waals surface area (Å²) in [6, 6.07) is -0.369. The van der Waals surface area contributed by atoms with E-state index in [9.17, 15) is 16.8 Å². The van der Waals surface area contributed by atoms with Crippen molar-refractivity contribution in [3.05, 3.63) is 0 Å². The second-order valence-electron chi connectivity index (χ2n) is 11.4. The first kappa shape index (κ1) is 36.8. The summed E-state index contributed by atoms with van der Waals surface area (Å²) < 4.78 is 77.3. The van der Waals surface area contributed by atoms with E-state index in [0.717, 1.165) is 51.4 Å². The highest BCUT2D eigenvalue weighted by Crippen LogP contribution is 2.24. The van der Waals surface area contributed by atoms with Gasteiger partial charge in [-0.2, -0.15) is 8.61 Å². The van der Waals surface area contributed by atoms with Gasteiger partial charge in [0.25, 0.3) is 0 Å². The van der Waals surface area contributed by atoms with Crippen LogP contribution in [-0.2, 0) is 39.0 Å². The summed E-state index contributed by atoms with van der Waals surface area (Å²) in [6.45, 7) is 8.28. The summed E-state index contributed by atoms with van der Waals surface area (Å²) >= 11 is 0. The van der Waals surface area contributed by atoms with Crippen LogP contribution in [0.1, 0.15) is 104 Å². The molecule has 0 saturated carbocycles. The highest BCUT2D eigenvalue weighted by Gasteiger charge is 2.35. The van der Waals surface area contributed by atoms with Crippen LogP contribution < -0.4 is 0 Å². The molecule has 2 rings (SSSR count). The summed E-state index contributed by atoms with van der Waals surface area (Å²) in [5.41, 5.74) is 0. The number of rotatable bonds is 26. The average molecular weight is 627 g/mol. The highest BCUT2D eigenvalue weighted by atomic mass is 32.2. The topological polar surface area (TPSA) is 112 Å². The number of hydrogen-bond donors (Lipinski definition) is 0. The van der Waals surface area contributed by atoms with Crippen LogP contribution >= 0.6 is 0 Å². The second kappa shape index (κ2) is 21.4. The summed E-state index contributed by atoms with van der Waals surface area (Å²) in [6.07, 6.45) is 13.3. The molecular weight excluding hydrogens is 568 g/mol. The molecule has 2 saturated heterocycles.